The van der Waals surface area contributed by atoms with E-state index in [0.29, 0.717) is 25.2 Å². The van der Waals surface area contributed by atoms with Crippen molar-refractivity contribution in [2.24, 2.45) is 11.8 Å². The van der Waals surface area contributed by atoms with Gasteiger partial charge in [0.15, 0.2) is 5.03 Å². The van der Waals surface area contributed by atoms with Gasteiger partial charge >= 0.3 is 5.97 Å². The number of rotatable bonds is 5. The van der Waals surface area contributed by atoms with Crippen LogP contribution in [0.2, 0.25) is 0 Å². The third-order valence-corrected chi connectivity index (χ3v) is 5.06. The molecule has 0 aromatic carbocycles. The van der Waals surface area contributed by atoms with E-state index in [-0.39, 0.29) is 16.9 Å². The van der Waals surface area contributed by atoms with Crippen LogP contribution in [0.3, 0.4) is 0 Å². The smallest absolute Gasteiger partial charge is 0.306 e. The molecule has 0 amide bonds. The van der Waals surface area contributed by atoms with Gasteiger partial charge in [-0.3, -0.25) is 4.79 Å². The van der Waals surface area contributed by atoms with Gasteiger partial charge in [0, 0.05) is 6.54 Å². The van der Waals surface area contributed by atoms with Crippen LogP contribution in [0.1, 0.15) is 31.5 Å². The van der Waals surface area contributed by atoms with E-state index in [0.717, 1.165) is 12.8 Å². The zero-order valence-electron chi connectivity index (χ0n) is 11.3. The van der Waals surface area contributed by atoms with Crippen molar-refractivity contribution in [2.45, 2.75) is 37.6 Å². The molecule has 1 fully saturated rings. The van der Waals surface area contributed by atoms with E-state index in [1.54, 1.807) is 6.92 Å². The number of carboxylic acids is 1. The lowest BCUT2D eigenvalue weighted by Crippen LogP contribution is -2.32. The zero-order chi connectivity index (χ0) is 14.8. The highest BCUT2D eigenvalue weighted by molar-refractivity contribution is 7.89. The highest BCUT2D eigenvalue weighted by Crippen LogP contribution is 2.28. The van der Waals surface area contributed by atoms with Gasteiger partial charge in [0.05, 0.1) is 12.1 Å². The van der Waals surface area contributed by atoms with Gasteiger partial charge in [0.2, 0.25) is 0 Å². The van der Waals surface area contributed by atoms with Gasteiger partial charge in [0.25, 0.3) is 10.0 Å². The van der Waals surface area contributed by atoms with Crippen LogP contribution in [0.4, 0.5) is 0 Å². The first-order chi connectivity index (χ1) is 9.38. The highest BCUT2D eigenvalue weighted by Gasteiger charge is 2.27. The first kappa shape index (κ1) is 15.0. The lowest BCUT2D eigenvalue weighted by atomic mass is 9.82. The molecule has 0 aliphatic heterocycles. The molecule has 1 aromatic heterocycles. The van der Waals surface area contributed by atoms with E-state index >= 15 is 0 Å². The SMILES string of the molecule is Cc1ncc(S(=O)(=O)NCC2CCC(C(=O)O)CC2)[nH]1. The number of hydrogen-bond acceptors (Lipinski definition) is 4. The molecule has 1 heterocycles. The Bertz CT molecular complexity index is 573. The third kappa shape index (κ3) is 3.57. The van der Waals surface area contributed by atoms with Gasteiger partial charge in [0.1, 0.15) is 5.82 Å². The molecule has 0 atom stereocenters. The van der Waals surface area contributed by atoms with Crippen LogP contribution in [0.15, 0.2) is 11.2 Å². The minimum atomic E-state index is -3.55. The number of aromatic nitrogens is 2. The highest BCUT2D eigenvalue weighted by atomic mass is 32.2. The van der Waals surface area contributed by atoms with Crippen molar-refractivity contribution in [1.82, 2.24) is 14.7 Å². The van der Waals surface area contributed by atoms with E-state index in [4.69, 9.17) is 5.11 Å². The molecule has 8 heteroatoms. The van der Waals surface area contributed by atoms with Gasteiger partial charge in [-0.1, -0.05) is 0 Å². The number of H-pyrrole nitrogens is 1. The summed E-state index contributed by atoms with van der Waals surface area (Å²) in [7, 11) is -3.55. The van der Waals surface area contributed by atoms with E-state index in [1.165, 1.54) is 6.20 Å². The number of nitrogens with one attached hydrogen (secondary N) is 2. The normalized spacial score (nSPS) is 23.6. The number of aromatic amines is 1. The lowest BCUT2D eigenvalue weighted by molar-refractivity contribution is -0.143. The average Bonchev–Trinajstić information content (AvgIpc) is 2.84. The molecule has 2 rings (SSSR count). The van der Waals surface area contributed by atoms with Gasteiger partial charge < -0.3 is 10.1 Å². The molecule has 7 nitrogen and oxygen atoms in total. The number of nitrogens with zero attached hydrogens (tertiary/aromatic N) is 1. The van der Waals surface area contributed by atoms with E-state index in [9.17, 15) is 13.2 Å². The average molecular weight is 301 g/mol. The van der Waals surface area contributed by atoms with E-state index in [2.05, 4.69) is 14.7 Å². The van der Waals surface area contributed by atoms with Gasteiger partial charge in [-0.15, -0.1) is 0 Å². The van der Waals surface area contributed by atoms with Crippen molar-refractivity contribution in [3.8, 4) is 0 Å². The molecule has 0 spiro atoms. The summed E-state index contributed by atoms with van der Waals surface area (Å²) in [6.45, 7) is 2.03. The largest absolute Gasteiger partial charge is 0.481 e. The lowest BCUT2D eigenvalue weighted by Gasteiger charge is -2.25. The number of carboxylic acid groups (broad SMARTS) is 1. The van der Waals surface area contributed by atoms with Crippen LogP contribution in [-0.2, 0) is 14.8 Å². The fourth-order valence-corrected chi connectivity index (χ4v) is 3.54. The summed E-state index contributed by atoms with van der Waals surface area (Å²) in [6.07, 6.45) is 4.00. The van der Waals surface area contributed by atoms with Crippen molar-refractivity contribution in [2.75, 3.05) is 6.54 Å². The van der Waals surface area contributed by atoms with Crippen LogP contribution in [-0.4, -0.2) is 36.0 Å². The van der Waals surface area contributed by atoms with Crippen molar-refractivity contribution >= 4 is 16.0 Å². The van der Waals surface area contributed by atoms with Crippen LogP contribution < -0.4 is 4.72 Å². The van der Waals surface area contributed by atoms with E-state index < -0.39 is 16.0 Å². The maximum absolute atomic E-state index is 12.0. The zero-order valence-corrected chi connectivity index (χ0v) is 12.1. The van der Waals surface area contributed by atoms with Crippen molar-refractivity contribution in [3.63, 3.8) is 0 Å². The summed E-state index contributed by atoms with van der Waals surface area (Å²) >= 11 is 0. The van der Waals surface area contributed by atoms with Gasteiger partial charge in [-0.25, -0.2) is 18.1 Å². The third-order valence-electron chi connectivity index (χ3n) is 3.73. The maximum Gasteiger partial charge on any atom is 0.306 e. The number of carbonyl (C=O) groups is 1. The molecular formula is C12H19N3O4S. The molecular weight excluding hydrogens is 282 g/mol. The molecule has 0 bridgehead atoms. The predicted molar refractivity (Wildman–Crippen MR) is 71.6 cm³/mol. The summed E-state index contributed by atoms with van der Waals surface area (Å²) < 4.78 is 26.5. The number of sulfonamides is 1. The summed E-state index contributed by atoms with van der Waals surface area (Å²) in [4.78, 5) is 17.4. The van der Waals surface area contributed by atoms with Crippen LogP contribution in [0, 0.1) is 18.8 Å². The molecule has 0 saturated heterocycles. The van der Waals surface area contributed by atoms with Gasteiger partial charge in [-0.2, -0.15) is 0 Å². The second-order valence-corrected chi connectivity index (χ2v) is 6.98. The molecule has 0 unspecified atom stereocenters. The first-order valence-electron chi connectivity index (χ1n) is 6.62. The minimum Gasteiger partial charge on any atom is -0.481 e. The summed E-state index contributed by atoms with van der Waals surface area (Å²) in [5.41, 5.74) is 0. The Morgan fingerprint density at radius 1 is 1.45 bits per heavy atom. The Kier molecular flexibility index (Phi) is 4.44. The number of hydrogen-bond donors (Lipinski definition) is 3. The quantitative estimate of drug-likeness (QED) is 0.747. The molecule has 112 valence electrons. The Balaban J connectivity index is 1.86. The molecule has 3 N–H and O–H groups in total. The van der Waals surface area contributed by atoms with Crippen LogP contribution in [0.5, 0.6) is 0 Å². The monoisotopic (exact) mass is 301 g/mol. The number of imidazole rings is 1. The van der Waals surface area contributed by atoms with Crippen molar-refractivity contribution in [1.29, 1.82) is 0 Å². The molecule has 1 aliphatic rings. The fourth-order valence-electron chi connectivity index (χ4n) is 2.45. The topological polar surface area (TPSA) is 112 Å². The Morgan fingerprint density at radius 2 is 2.10 bits per heavy atom. The minimum absolute atomic E-state index is 0.0641. The predicted octanol–water partition coefficient (Wildman–Crippen LogP) is 0.887. The van der Waals surface area contributed by atoms with Crippen molar-refractivity contribution in [3.05, 3.63) is 12.0 Å². The summed E-state index contributed by atoms with van der Waals surface area (Å²) in [5.74, 6) is -0.285. The first-order valence-corrected chi connectivity index (χ1v) is 8.11. The Labute approximate surface area is 117 Å². The van der Waals surface area contributed by atoms with Crippen LogP contribution in [0.25, 0.3) is 0 Å². The second kappa shape index (κ2) is 5.92. The summed E-state index contributed by atoms with van der Waals surface area (Å²) in [5, 5.41) is 8.98. The standard InChI is InChI=1S/C12H19N3O4S/c1-8-13-7-11(15-8)20(18,19)14-6-9-2-4-10(5-3-9)12(16)17/h7,9-10,14H,2-6H2,1H3,(H,13,15)(H,16,17). The molecule has 1 saturated carbocycles. The van der Waals surface area contributed by atoms with Gasteiger partial charge in [-0.05, 0) is 38.5 Å². The molecule has 1 aliphatic carbocycles. The number of aliphatic carboxylic acids is 1. The van der Waals surface area contributed by atoms with Crippen molar-refractivity contribution < 1.29 is 18.3 Å². The fraction of sp³-hybridized carbons (Fsp3) is 0.667. The second-order valence-electron chi connectivity index (χ2n) is 5.24. The van der Waals surface area contributed by atoms with Crippen LogP contribution >= 0.6 is 0 Å². The maximum atomic E-state index is 12.0. The number of aryl methyl sites for hydroxylation is 1. The molecule has 20 heavy (non-hydrogen) atoms. The van der Waals surface area contributed by atoms with E-state index in [1.807, 2.05) is 0 Å². The Morgan fingerprint density at radius 3 is 2.60 bits per heavy atom. The summed E-state index contributed by atoms with van der Waals surface area (Å²) in [6, 6.07) is 0. The molecule has 1 aromatic rings. The Hall–Kier alpha value is -1.41. The molecule has 0 radical (unpaired) electrons.